The minimum atomic E-state index is -0.668. The van der Waals surface area contributed by atoms with Gasteiger partial charge in [0.05, 0.1) is 6.10 Å². The molecule has 2 unspecified atom stereocenters. The van der Waals surface area contributed by atoms with Crippen molar-refractivity contribution in [2.45, 2.75) is 39.9 Å². The van der Waals surface area contributed by atoms with Crippen molar-refractivity contribution >= 4 is 11.6 Å². The molecule has 0 spiro atoms. The number of rotatable bonds is 3. The summed E-state index contributed by atoms with van der Waals surface area (Å²) in [6, 6.07) is 5.61. The fourth-order valence-corrected chi connectivity index (χ4v) is 2.11. The lowest BCUT2D eigenvalue weighted by molar-refractivity contribution is -0.0724. The van der Waals surface area contributed by atoms with Crippen molar-refractivity contribution in [3.05, 3.63) is 34.3 Å². The Hall–Kier alpha value is -0.570. The average Bonchev–Trinajstić information content (AvgIpc) is 2.20. The highest BCUT2D eigenvalue weighted by Crippen LogP contribution is 2.33. The van der Waals surface area contributed by atoms with Crippen LogP contribution in [0.3, 0.4) is 0 Å². The molecular weight excluding hydrogens is 236 g/mol. The molecule has 1 aromatic rings. The van der Waals surface area contributed by atoms with Gasteiger partial charge in [0, 0.05) is 12.1 Å². The van der Waals surface area contributed by atoms with Gasteiger partial charge in [-0.25, -0.2) is 0 Å². The van der Waals surface area contributed by atoms with Gasteiger partial charge in [0.1, 0.15) is 6.10 Å². The lowest BCUT2D eigenvalue weighted by Gasteiger charge is -2.33. The van der Waals surface area contributed by atoms with Crippen LogP contribution in [0.25, 0.3) is 0 Å². The van der Waals surface area contributed by atoms with Crippen LogP contribution < -0.4 is 0 Å². The van der Waals surface area contributed by atoms with Gasteiger partial charge < -0.3 is 9.84 Å². The molecule has 0 radical (unpaired) electrons. The predicted octanol–water partition coefficient (Wildman–Crippen LogP) is 3.74. The lowest BCUT2D eigenvalue weighted by Crippen LogP contribution is -2.34. The first-order valence-electron chi connectivity index (χ1n) is 5.74. The van der Waals surface area contributed by atoms with E-state index in [0.717, 1.165) is 11.1 Å². The Labute approximate surface area is 109 Å². The highest BCUT2D eigenvalue weighted by Gasteiger charge is 2.32. The summed E-state index contributed by atoms with van der Waals surface area (Å²) in [6.07, 6.45) is -0.931. The summed E-state index contributed by atoms with van der Waals surface area (Å²) in [5, 5.41) is 11.0. The number of hydrogen-bond donors (Lipinski definition) is 1. The van der Waals surface area contributed by atoms with Gasteiger partial charge in [-0.2, -0.15) is 0 Å². The Bertz CT molecular complexity index is 382. The molecular formula is C14H21ClO2. The smallest absolute Gasteiger partial charge is 0.106 e. The third kappa shape index (κ3) is 3.44. The zero-order valence-corrected chi connectivity index (χ0v) is 11.9. The van der Waals surface area contributed by atoms with Crippen molar-refractivity contribution in [1.82, 2.24) is 0 Å². The van der Waals surface area contributed by atoms with E-state index < -0.39 is 6.10 Å². The van der Waals surface area contributed by atoms with Gasteiger partial charge >= 0.3 is 0 Å². The fraction of sp³-hybridized carbons (Fsp3) is 0.571. The van der Waals surface area contributed by atoms with Crippen LogP contribution in [0, 0.1) is 12.3 Å². The van der Waals surface area contributed by atoms with E-state index >= 15 is 0 Å². The second kappa shape index (κ2) is 5.38. The molecule has 0 saturated carbocycles. The van der Waals surface area contributed by atoms with Crippen molar-refractivity contribution in [3.63, 3.8) is 0 Å². The van der Waals surface area contributed by atoms with Gasteiger partial charge in [-0.15, -0.1) is 0 Å². The maximum absolute atomic E-state index is 10.3. The van der Waals surface area contributed by atoms with Gasteiger partial charge in [0.2, 0.25) is 0 Å². The first-order chi connectivity index (χ1) is 7.77. The van der Waals surface area contributed by atoms with Crippen LogP contribution in [-0.2, 0) is 4.74 Å². The molecule has 2 atom stereocenters. The fourth-order valence-electron chi connectivity index (χ4n) is 1.92. The molecule has 2 nitrogen and oxygen atoms in total. The number of aliphatic hydroxyl groups is 1. The first-order valence-corrected chi connectivity index (χ1v) is 6.12. The summed E-state index contributed by atoms with van der Waals surface area (Å²) in [5.41, 5.74) is 1.67. The topological polar surface area (TPSA) is 29.5 Å². The molecule has 0 aliphatic heterocycles. The van der Waals surface area contributed by atoms with E-state index in [9.17, 15) is 5.11 Å². The van der Waals surface area contributed by atoms with Gasteiger partial charge in [-0.05, 0) is 29.5 Å². The van der Waals surface area contributed by atoms with E-state index in [0.29, 0.717) is 5.02 Å². The molecule has 0 bridgehead atoms. The highest BCUT2D eigenvalue weighted by atomic mass is 35.5. The molecule has 0 aliphatic rings. The molecule has 0 fully saturated rings. The summed E-state index contributed by atoms with van der Waals surface area (Å²) in [7, 11) is 1.62. The first kappa shape index (κ1) is 14.5. The quantitative estimate of drug-likeness (QED) is 0.893. The van der Waals surface area contributed by atoms with Crippen molar-refractivity contribution in [3.8, 4) is 0 Å². The summed E-state index contributed by atoms with van der Waals surface area (Å²) in [6.45, 7) is 8.07. The van der Waals surface area contributed by atoms with Gasteiger partial charge in [-0.3, -0.25) is 0 Å². The summed E-state index contributed by atoms with van der Waals surface area (Å²) in [5.74, 6) is 0. The maximum atomic E-state index is 10.3. The summed E-state index contributed by atoms with van der Waals surface area (Å²) in [4.78, 5) is 0. The molecule has 1 rings (SSSR count). The van der Waals surface area contributed by atoms with Crippen LogP contribution in [0.15, 0.2) is 18.2 Å². The number of halogens is 1. The maximum Gasteiger partial charge on any atom is 0.106 e. The van der Waals surface area contributed by atoms with E-state index in [1.54, 1.807) is 13.2 Å². The number of aliphatic hydroxyl groups excluding tert-OH is 1. The average molecular weight is 257 g/mol. The van der Waals surface area contributed by atoms with Crippen molar-refractivity contribution in [2.24, 2.45) is 5.41 Å². The number of hydrogen-bond acceptors (Lipinski definition) is 2. The summed E-state index contributed by atoms with van der Waals surface area (Å²) < 4.78 is 5.41. The zero-order chi connectivity index (χ0) is 13.2. The third-order valence-electron chi connectivity index (χ3n) is 2.93. The molecule has 0 saturated heterocycles. The molecule has 1 N–H and O–H groups in total. The Morgan fingerprint density at radius 2 is 1.88 bits per heavy atom. The molecule has 1 aromatic carbocycles. The van der Waals surface area contributed by atoms with E-state index in [1.165, 1.54) is 0 Å². The Morgan fingerprint density at radius 3 is 2.29 bits per heavy atom. The van der Waals surface area contributed by atoms with Gasteiger partial charge in [0.15, 0.2) is 0 Å². The highest BCUT2D eigenvalue weighted by molar-refractivity contribution is 6.31. The Kier molecular flexibility index (Phi) is 4.59. The molecule has 17 heavy (non-hydrogen) atoms. The Balaban J connectivity index is 3.02. The normalized spacial score (nSPS) is 15.7. The molecule has 0 heterocycles. The molecule has 96 valence electrons. The van der Waals surface area contributed by atoms with E-state index in [-0.39, 0.29) is 11.5 Å². The lowest BCUT2D eigenvalue weighted by atomic mass is 9.83. The predicted molar refractivity (Wildman–Crippen MR) is 71.4 cm³/mol. The van der Waals surface area contributed by atoms with Crippen molar-refractivity contribution in [2.75, 3.05) is 7.11 Å². The van der Waals surface area contributed by atoms with Crippen LogP contribution in [0.1, 0.15) is 38.0 Å². The van der Waals surface area contributed by atoms with Crippen LogP contribution in [0.4, 0.5) is 0 Å². The van der Waals surface area contributed by atoms with Crippen molar-refractivity contribution in [1.29, 1.82) is 0 Å². The zero-order valence-electron chi connectivity index (χ0n) is 11.1. The summed E-state index contributed by atoms with van der Waals surface area (Å²) >= 11 is 6.07. The van der Waals surface area contributed by atoms with Crippen LogP contribution in [0.2, 0.25) is 5.02 Å². The number of benzene rings is 1. The molecule has 0 aliphatic carbocycles. The van der Waals surface area contributed by atoms with Crippen LogP contribution >= 0.6 is 11.6 Å². The SMILES string of the molecule is COC(C(O)c1ccc(C)c(Cl)c1)C(C)(C)C. The third-order valence-corrected chi connectivity index (χ3v) is 3.34. The van der Waals surface area contributed by atoms with Crippen LogP contribution in [-0.4, -0.2) is 18.3 Å². The van der Waals surface area contributed by atoms with Crippen molar-refractivity contribution < 1.29 is 9.84 Å². The number of aryl methyl sites for hydroxylation is 1. The van der Waals surface area contributed by atoms with Crippen LogP contribution in [0.5, 0.6) is 0 Å². The minimum absolute atomic E-state index is 0.133. The number of methoxy groups -OCH3 is 1. The monoisotopic (exact) mass is 256 g/mol. The minimum Gasteiger partial charge on any atom is -0.386 e. The van der Waals surface area contributed by atoms with E-state index in [4.69, 9.17) is 16.3 Å². The van der Waals surface area contributed by atoms with Gasteiger partial charge in [0.25, 0.3) is 0 Å². The molecule has 0 aromatic heterocycles. The van der Waals surface area contributed by atoms with Gasteiger partial charge in [-0.1, -0.05) is 44.5 Å². The molecule has 0 amide bonds. The van der Waals surface area contributed by atoms with E-state index in [1.807, 2.05) is 39.8 Å². The second-order valence-corrected chi connectivity index (χ2v) is 5.88. The largest absolute Gasteiger partial charge is 0.386 e. The standard InChI is InChI=1S/C14H21ClO2/c1-9-6-7-10(8-11(9)15)12(16)13(17-5)14(2,3)4/h6-8,12-13,16H,1-5H3. The van der Waals surface area contributed by atoms with E-state index in [2.05, 4.69) is 0 Å². The number of ether oxygens (including phenoxy) is 1. The molecule has 3 heteroatoms. The Morgan fingerprint density at radius 1 is 1.29 bits per heavy atom. The second-order valence-electron chi connectivity index (χ2n) is 5.48.